The fourth-order valence-corrected chi connectivity index (χ4v) is 1.45. The molecule has 0 spiro atoms. The van der Waals surface area contributed by atoms with E-state index in [2.05, 4.69) is 4.98 Å². The van der Waals surface area contributed by atoms with Crippen molar-refractivity contribution in [3.63, 3.8) is 0 Å². The van der Waals surface area contributed by atoms with Crippen molar-refractivity contribution in [2.24, 2.45) is 0 Å². The molecule has 0 aliphatic rings. The largest absolute Gasteiger partial charge is 0.453 e. The Hall–Kier alpha value is -2.10. The first kappa shape index (κ1) is 11.4. The molecule has 88 valence electrons. The second-order valence-electron chi connectivity index (χ2n) is 3.83. The number of hydrogen-bond acceptors (Lipinski definition) is 3. The number of rotatable bonds is 2. The molecular weight excluding hydrogens is 219 g/mol. The third-order valence-corrected chi connectivity index (χ3v) is 2.47. The molecule has 0 amide bonds. The molecule has 4 heteroatoms. The Morgan fingerprint density at radius 1 is 1.24 bits per heavy atom. The lowest BCUT2D eigenvalue weighted by Gasteiger charge is -2.11. The van der Waals surface area contributed by atoms with Crippen LogP contribution in [0.5, 0.6) is 11.5 Å². The summed E-state index contributed by atoms with van der Waals surface area (Å²) in [5, 5.41) is 0. The van der Waals surface area contributed by atoms with Gasteiger partial charge in [-0.05, 0) is 37.6 Å². The summed E-state index contributed by atoms with van der Waals surface area (Å²) in [6.45, 7) is 3.50. The Kier molecular flexibility index (Phi) is 2.95. The molecule has 2 N–H and O–H groups in total. The van der Waals surface area contributed by atoms with Crippen molar-refractivity contribution in [3.8, 4) is 11.5 Å². The van der Waals surface area contributed by atoms with Crippen LogP contribution in [-0.4, -0.2) is 4.98 Å². The minimum Gasteiger partial charge on any atom is -0.453 e. The average Bonchev–Trinajstić information content (AvgIpc) is 2.29. The Balaban J connectivity index is 2.37. The van der Waals surface area contributed by atoms with Crippen molar-refractivity contribution in [2.45, 2.75) is 13.8 Å². The maximum atomic E-state index is 13.2. The lowest BCUT2D eigenvalue weighted by molar-refractivity contribution is 0.475. The molecule has 3 nitrogen and oxygen atoms in total. The van der Waals surface area contributed by atoms with Crippen LogP contribution in [0.2, 0.25) is 0 Å². The number of nitrogen functional groups attached to an aromatic ring is 1. The van der Waals surface area contributed by atoms with Gasteiger partial charge in [-0.3, -0.25) is 4.98 Å². The van der Waals surface area contributed by atoms with E-state index in [1.807, 2.05) is 6.92 Å². The smallest absolute Gasteiger partial charge is 0.150 e. The van der Waals surface area contributed by atoms with E-state index < -0.39 is 0 Å². The van der Waals surface area contributed by atoms with Crippen LogP contribution in [0.15, 0.2) is 30.5 Å². The van der Waals surface area contributed by atoms with Gasteiger partial charge in [0, 0.05) is 12.3 Å². The number of hydrogen-bond donors (Lipinski definition) is 1. The van der Waals surface area contributed by atoms with Gasteiger partial charge < -0.3 is 10.5 Å². The second-order valence-corrected chi connectivity index (χ2v) is 3.83. The first-order valence-corrected chi connectivity index (χ1v) is 5.23. The summed E-state index contributed by atoms with van der Waals surface area (Å²) >= 11 is 0. The van der Waals surface area contributed by atoms with Gasteiger partial charge in [-0.1, -0.05) is 0 Å². The van der Waals surface area contributed by atoms with E-state index in [-0.39, 0.29) is 11.5 Å². The van der Waals surface area contributed by atoms with Crippen LogP contribution >= 0.6 is 0 Å². The highest BCUT2D eigenvalue weighted by atomic mass is 19.1. The fraction of sp³-hybridized carbons (Fsp3) is 0.154. The van der Waals surface area contributed by atoms with Gasteiger partial charge in [0.05, 0.1) is 11.4 Å². The molecule has 0 aliphatic heterocycles. The predicted octanol–water partition coefficient (Wildman–Crippen LogP) is 3.21. The number of aromatic nitrogens is 1. The third kappa shape index (κ3) is 2.36. The van der Waals surface area contributed by atoms with Crippen LogP contribution in [-0.2, 0) is 0 Å². The minimum absolute atomic E-state index is 0.274. The van der Waals surface area contributed by atoms with E-state index >= 15 is 0 Å². The zero-order chi connectivity index (χ0) is 12.4. The number of nitrogens with zero attached hydrogens (tertiary/aromatic N) is 1. The maximum Gasteiger partial charge on any atom is 0.150 e. The first-order valence-electron chi connectivity index (χ1n) is 5.23. The zero-order valence-electron chi connectivity index (χ0n) is 9.70. The van der Waals surface area contributed by atoms with Crippen molar-refractivity contribution >= 4 is 5.69 Å². The highest BCUT2D eigenvalue weighted by Gasteiger charge is 2.08. The summed E-state index contributed by atoms with van der Waals surface area (Å²) in [7, 11) is 0. The topological polar surface area (TPSA) is 48.1 Å². The molecule has 2 aromatic rings. The van der Waals surface area contributed by atoms with Crippen LogP contribution in [0.1, 0.15) is 11.3 Å². The summed E-state index contributed by atoms with van der Waals surface area (Å²) in [6, 6.07) is 6.41. The lowest BCUT2D eigenvalue weighted by atomic mass is 10.2. The van der Waals surface area contributed by atoms with Crippen LogP contribution in [0.4, 0.5) is 10.1 Å². The Bertz CT molecular complexity index is 555. The van der Waals surface area contributed by atoms with E-state index in [0.29, 0.717) is 17.1 Å². The van der Waals surface area contributed by atoms with Crippen LogP contribution < -0.4 is 10.5 Å². The summed E-state index contributed by atoms with van der Waals surface area (Å²) < 4.78 is 18.9. The number of benzene rings is 1. The quantitative estimate of drug-likeness (QED) is 0.809. The molecule has 0 unspecified atom stereocenters. The molecule has 2 rings (SSSR count). The molecule has 1 aromatic carbocycles. The second kappa shape index (κ2) is 4.41. The molecule has 0 fully saturated rings. The highest BCUT2D eigenvalue weighted by Crippen LogP contribution is 2.30. The first-order chi connectivity index (χ1) is 8.08. The summed E-state index contributed by atoms with van der Waals surface area (Å²) in [5.74, 6) is 0.725. The van der Waals surface area contributed by atoms with Crippen molar-refractivity contribution in [3.05, 3.63) is 47.5 Å². The summed E-state index contributed by atoms with van der Waals surface area (Å²) in [6.07, 6.45) is 1.68. The van der Waals surface area contributed by atoms with Gasteiger partial charge in [-0.2, -0.15) is 0 Å². The molecule has 1 aromatic heterocycles. The molecule has 0 atom stereocenters. The van der Waals surface area contributed by atoms with Crippen molar-refractivity contribution in [1.82, 2.24) is 4.98 Å². The van der Waals surface area contributed by atoms with E-state index in [1.54, 1.807) is 31.3 Å². The molecule has 0 bridgehead atoms. The Labute approximate surface area is 99.1 Å². The standard InChI is InChI=1S/C13H13FN2O/c1-8-6-13(11(15)7-10(8)14)17-12-4-3-5-16-9(12)2/h3-7H,15H2,1-2H3. The molecule has 17 heavy (non-hydrogen) atoms. The lowest BCUT2D eigenvalue weighted by Crippen LogP contribution is -1.96. The van der Waals surface area contributed by atoms with Crippen molar-refractivity contribution in [1.29, 1.82) is 0 Å². The van der Waals surface area contributed by atoms with E-state index in [1.165, 1.54) is 6.07 Å². The highest BCUT2D eigenvalue weighted by molar-refractivity contribution is 5.56. The molecule has 0 aliphatic carbocycles. The number of aryl methyl sites for hydroxylation is 2. The Morgan fingerprint density at radius 2 is 2.00 bits per heavy atom. The van der Waals surface area contributed by atoms with Gasteiger partial charge in [-0.15, -0.1) is 0 Å². The average molecular weight is 232 g/mol. The van der Waals surface area contributed by atoms with Gasteiger partial charge in [-0.25, -0.2) is 4.39 Å². The predicted molar refractivity (Wildman–Crippen MR) is 64.6 cm³/mol. The van der Waals surface area contributed by atoms with Gasteiger partial charge in [0.25, 0.3) is 0 Å². The van der Waals surface area contributed by atoms with Gasteiger partial charge in [0.2, 0.25) is 0 Å². The normalized spacial score (nSPS) is 10.3. The van der Waals surface area contributed by atoms with E-state index in [9.17, 15) is 4.39 Å². The third-order valence-electron chi connectivity index (χ3n) is 2.47. The van der Waals surface area contributed by atoms with E-state index in [4.69, 9.17) is 10.5 Å². The van der Waals surface area contributed by atoms with Gasteiger partial charge in [0.1, 0.15) is 11.6 Å². The zero-order valence-corrected chi connectivity index (χ0v) is 9.70. The van der Waals surface area contributed by atoms with Crippen LogP contribution in [0.25, 0.3) is 0 Å². The van der Waals surface area contributed by atoms with Gasteiger partial charge >= 0.3 is 0 Å². The number of nitrogens with two attached hydrogens (primary N) is 1. The monoisotopic (exact) mass is 232 g/mol. The molecular formula is C13H13FN2O. The Morgan fingerprint density at radius 3 is 2.71 bits per heavy atom. The molecule has 0 saturated heterocycles. The number of halogens is 1. The number of anilines is 1. The van der Waals surface area contributed by atoms with Crippen molar-refractivity contribution in [2.75, 3.05) is 5.73 Å². The maximum absolute atomic E-state index is 13.2. The van der Waals surface area contributed by atoms with Crippen LogP contribution in [0.3, 0.4) is 0 Å². The fourth-order valence-electron chi connectivity index (χ4n) is 1.45. The molecule has 0 radical (unpaired) electrons. The molecule has 1 heterocycles. The summed E-state index contributed by atoms with van der Waals surface area (Å²) in [4.78, 5) is 4.11. The minimum atomic E-state index is -0.335. The van der Waals surface area contributed by atoms with Crippen LogP contribution in [0, 0.1) is 19.7 Å². The number of ether oxygens (including phenoxy) is 1. The SMILES string of the molecule is Cc1cc(Oc2cccnc2C)c(N)cc1F. The summed E-state index contributed by atoms with van der Waals surface area (Å²) in [5.41, 5.74) is 7.23. The van der Waals surface area contributed by atoms with Crippen molar-refractivity contribution < 1.29 is 9.13 Å². The van der Waals surface area contributed by atoms with Gasteiger partial charge in [0.15, 0.2) is 5.75 Å². The van der Waals surface area contributed by atoms with E-state index in [0.717, 1.165) is 5.69 Å². The molecule has 0 saturated carbocycles. The number of pyridine rings is 1.